The number of likely N-dealkylation sites (tertiary alicyclic amines) is 1. The molecule has 35 heavy (non-hydrogen) atoms. The van der Waals surface area contributed by atoms with E-state index < -0.39 is 0 Å². The Morgan fingerprint density at radius 3 is 2.17 bits per heavy atom. The van der Waals surface area contributed by atoms with Gasteiger partial charge in [-0.05, 0) is 23.4 Å². The highest BCUT2D eigenvalue weighted by Gasteiger charge is 2.56. The summed E-state index contributed by atoms with van der Waals surface area (Å²) in [4.78, 5) is 29.1. The molecule has 180 valence electrons. The topological polar surface area (TPSA) is 46.6 Å². The first-order chi connectivity index (χ1) is 17.1. The average molecular weight is 504 g/mol. The summed E-state index contributed by atoms with van der Waals surface area (Å²) in [6.07, 6.45) is 1.96. The lowest BCUT2D eigenvalue weighted by Gasteiger charge is -2.44. The number of amides is 1. The third-order valence-corrected chi connectivity index (χ3v) is 9.88. The van der Waals surface area contributed by atoms with Crippen LogP contribution >= 0.6 is 23.5 Å². The van der Waals surface area contributed by atoms with Crippen LogP contribution in [0.5, 0.6) is 5.75 Å². The van der Waals surface area contributed by atoms with Gasteiger partial charge in [0.1, 0.15) is 16.8 Å². The van der Waals surface area contributed by atoms with Gasteiger partial charge in [-0.3, -0.25) is 9.59 Å². The van der Waals surface area contributed by atoms with Gasteiger partial charge in [0.15, 0.2) is 0 Å². The number of carbonyl (C=O) groups is 2. The number of benzene rings is 3. The Kier molecular flexibility index (Phi) is 6.94. The summed E-state index contributed by atoms with van der Waals surface area (Å²) in [7, 11) is 1.63. The summed E-state index contributed by atoms with van der Waals surface area (Å²) < 4.78 is 5.18. The van der Waals surface area contributed by atoms with Crippen LogP contribution in [-0.2, 0) is 14.3 Å². The molecule has 0 aliphatic carbocycles. The lowest BCUT2D eigenvalue weighted by molar-refractivity contribution is -0.130. The molecule has 2 fully saturated rings. The second kappa shape index (κ2) is 10.1. The van der Waals surface area contributed by atoms with Crippen LogP contribution in [-0.4, -0.2) is 48.8 Å². The molecule has 3 aromatic carbocycles. The Balaban J connectivity index is 1.54. The molecule has 5 rings (SSSR count). The van der Waals surface area contributed by atoms with Gasteiger partial charge in [-0.1, -0.05) is 78.9 Å². The summed E-state index contributed by atoms with van der Waals surface area (Å²) in [6, 6.07) is 28.7. The fourth-order valence-electron chi connectivity index (χ4n) is 5.66. The molecule has 2 aliphatic heterocycles. The van der Waals surface area contributed by atoms with E-state index in [2.05, 4.69) is 48.5 Å². The summed E-state index contributed by atoms with van der Waals surface area (Å²) in [6.45, 7) is 1.02. The SMILES string of the molecule is COc1ccccc1[C@H](SC)C(=O)N1CC2C(=O)CSC(c3ccccc3)(c3ccccc3)C2C1. The van der Waals surface area contributed by atoms with E-state index in [-0.39, 0.29) is 33.5 Å². The van der Waals surface area contributed by atoms with E-state index in [1.165, 1.54) is 22.9 Å². The highest BCUT2D eigenvalue weighted by atomic mass is 32.2. The summed E-state index contributed by atoms with van der Waals surface area (Å²) in [5.41, 5.74) is 3.26. The number of hydrogen-bond donors (Lipinski definition) is 0. The van der Waals surface area contributed by atoms with E-state index in [0.29, 0.717) is 24.6 Å². The van der Waals surface area contributed by atoms with Gasteiger partial charge >= 0.3 is 0 Å². The van der Waals surface area contributed by atoms with Crippen molar-refractivity contribution in [2.45, 2.75) is 10.00 Å². The first-order valence-corrected chi connectivity index (χ1v) is 14.1. The van der Waals surface area contributed by atoms with E-state index in [0.717, 1.165) is 5.56 Å². The zero-order valence-corrected chi connectivity index (χ0v) is 21.6. The van der Waals surface area contributed by atoms with Crippen molar-refractivity contribution >= 4 is 35.2 Å². The van der Waals surface area contributed by atoms with Crippen LogP contribution in [0.3, 0.4) is 0 Å². The molecule has 0 spiro atoms. The van der Waals surface area contributed by atoms with Crippen LogP contribution in [0.15, 0.2) is 84.9 Å². The first kappa shape index (κ1) is 24.0. The number of nitrogens with zero attached hydrogens (tertiary/aromatic N) is 1. The molecule has 2 saturated heterocycles. The lowest BCUT2D eigenvalue weighted by atomic mass is 9.73. The van der Waals surface area contributed by atoms with Gasteiger partial charge in [0.25, 0.3) is 0 Å². The Hall–Kier alpha value is -2.70. The fraction of sp³-hybridized carbons (Fsp3) is 0.310. The zero-order chi connectivity index (χ0) is 24.4. The third kappa shape index (κ3) is 4.17. The molecule has 2 heterocycles. The van der Waals surface area contributed by atoms with Gasteiger partial charge in [-0.15, -0.1) is 23.5 Å². The summed E-state index contributed by atoms with van der Waals surface area (Å²) >= 11 is 3.23. The molecule has 1 amide bonds. The molecule has 4 nitrogen and oxygen atoms in total. The van der Waals surface area contributed by atoms with Crippen LogP contribution in [0.4, 0.5) is 0 Å². The number of para-hydroxylation sites is 1. The van der Waals surface area contributed by atoms with Crippen molar-refractivity contribution in [2.75, 3.05) is 32.2 Å². The average Bonchev–Trinajstić information content (AvgIpc) is 3.38. The van der Waals surface area contributed by atoms with Crippen LogP contribution in [0.2, 0.25) is 0 Å². The van der Waals surface area contributed by atoms with Gasteiger partial charge in [0.05, 0.1) is 17.6 Å². The van der Waals surface area contributed by atoms with Gasteiger partial charge in [-0.25, -0.2) is 0 Å². The highest BCUT2D eigenvalue weighted by Crippen LogP contribution is 2.56. The Morgan fingerprint density at radius 1 is 0.971 bits per heavy atom. The Morgan fingerprint density at radius 2 is 1.57 bits per heavy atom. The first-order valence-electron chi connectivity index (χ1n) is 11.8. The molecular weight excluding hydrogens is 474 g/mol. The molecule has 3 aromatic rings. The predicted molar refractivity (Wildman–Crippen MR) is 144 cm³/mol. The van der Waals surface area contributed by atoms with E-state index in [1.54, 1.807) is 18.9 Å². The number of ether oxygens (including phenoxy) is 1. The minimum absolute atomic E-state index is 0.00248. The molecule has 3 atom stereocenters. The second-order valence-corrected chi connectivity index (χ2v) is 11.2. The fourth-order valence-corrected chi connectivity index (χ4v) is 8.11. The zero-order valence-electron chi connectivity index (χ0n) is 19.9. The number of ketones is 1. The van der Waals surface area contributed by atoms with E-state index in [9.17, 15) is 9.59 Å². The van der Waals surface area contributed by atoms with Crippen molar-refractivity contribution in [1.29, 1.82) is 0 Å². The number of fused-ring (bicyclic) bond motifs is 1. The van der Waals surface area contributed by atoms with Gasteiger partial charge in [0.2, 0.25) is 5.91 Å². The normalized spacial score (nSPS) is 21.9. The van der Waals surface area contributed by atoms with Crippen LogP contribution in [0, 0.1) is 11.8 Å². The maximum atomic E-state index is 13.9. The Labute approximate surface area is 215 Å². The lowest BCUT2D eigenvalue weighted by Crippen LogP contribution is -2.45. The van der Waals surface area contributed by atoms with Crippen molar-refractivity contribution in [3.05, 3.63) is 102 Å². The largest absolute Gasteiger partial charge is 0.496 e. The number of carbonyl (C=O) groups excluding carboxylic acids is 2. The standard InChI is InChI=1S/C29H29NO3S2/c1-33-26-16-10-9-15-22(26)27(34-2)28(32)30-17-23-24(18-30)29(35-19-25(23)31,20-11-5-3-6-12-20)21-13-7-4-8-14-21/h3-16,23-24,27H,17-19H2,1-2H3/t23?,24?,27-/m0/s1. The number of hydrogen-bond acceptors (Lipinski definition) is 5. The molecular formula is C29H29NO3S2. The second-order valence-electron chi connectivity index (χ2n) is 9.04. The third-order valence-electron chi connectivity index (χ3n) is 7.30. The highest BCUT2D eigenvalue weighted by molar-refractivity contribution is 8.01. The molecule has 2 aliphatic rings. The number of Topliss-reactive ketones (excluding diaryl/α,β-unsaturated/α-hetero) is 1. The molecule has 6 heteroatoms. The number of thioether (sulfide) groups is 2. The molecule has 2 unspecified atom stereocenters. The maximum absolute atomic E-state index is 13.9. The smallest absolute Gasteiger partial charge is 0.240 e. The van der Waals surface area contributed by atoms with Gasteiger partial charge in [0, 0.05) is 30.5 Å². The van der Waals surface area contributed by atoms with E-state index >= 15 is 0 Å². The van der Waals surface area contributed by atoms with Crippen molar-refractivity contribution in [1.82, 2.24) is 4.90 Å². The molecule has 0 saturated carbocycles. The molecule has 0 N–H and O–H groups in total. The quantitative estimate of drug-likeness (QED) is 0.449. The number of rotatable bonds is 6. The van der Waals surface area contributed by atoms with Crippen LogP contribution < -0.4 is 4.74 Å². The van der Waals surface area contributed by atoms with Crippen molar-refractivity contribution < 1.29 is 14.3 Å². The molecule has 0 bridgehead atoms. The van der Waals surface area contributed by atoms with Crippen molar-refractivity contribution in [3.8, 4) is 5.75 Å². The van der Waals surface area contributed by atoms with Gasteiger partial charge < -0.3 is 9.64 Å². The predicted octanol–water partition coefficient (Wildman–Crippen LogP) is 5.43. The maximum Gasteiger partial charge on any atom is 0.240 e. The van der Waals surface area contributed by atoms with Crippen molar-refractivity contribution in [2.24, 2.45) is 11.8 Å². The summed E-state index contributed by atoms with van der Waals surface area (Å²) in [5.74, 6) is 1.28. The van der Waals surface area contributed by atoms with Crippen molar-refractivity contribution in [3.63, 3.8) is 0 Å². The summed E-state index contributed by atoms with van der Waals surface area (Å²) in [5, 5.41) is -0.378. The molecule has 0 aromatic heterocycles. The van der Waals surface area contributed by atoms with Crippen LogP contribution in [0.25, 0.3) is 0 Å². The van der Waals surface area contributed by atoms with E-state index in [1.807, 2.05) is 47.6 Å². The van der Waals surface area contributed by atoms with Gasteiger partial charge in [-0.2, -0.15) is 0 Å². The van der Waals surface area contributed by atoms with Crippen LogP contribution in [0.1, 0.15) is 21.9 Å². The molecule has 0 radical (unpaired) electrons. The minimum Gasteiger partial charge on any atom is -0.496 e. The monoisotopic (exact) mass is 503 g/mol. The Bertz CT molecular complexity index is 1160. The van der Waals surface area contributed by atoms with E-state index in [4.69, 9.17) is 4.74 Å². The number of methoxy groups -OCH3 is 1. The minimum atomic E-state index is -0.380.